The van der Waals surface area contributed by atoms with E-state index in [2.05, 4.69) is 0 Å². The number of benzene rings is 3. The molecular formula is C20H18N2O3S. The van der Waals surface area contributed by atoms with Gasteiger partial charge in [0, 0.05) is 13.6 Å². The summed E-state index contributed by atoms with van der Waals surface area (Å²) in [4.78, 5) is 0.171. The molecule has 3 aromatic carbocycles. The molecule has 132 valence electrons. The fraction of sp³-hybridized carbons (Fsp3) is 0.150. The van der Waals surface area contributed by atoms with Gasteiger partial charge in [0.05, 0.1) is 23.6 Å². The van der Waals surface area contributed by atoms with Crippen LogP contribution in [0.4, 0.5) is 0 Å². The zero-order chi connectivity index (χ0) is 18.7. The van der Waals surface area contributed by atoms with Crippen LogP contribution >= 0.6 is 0 Å². The molecule has 0 aliphatic rings. The van der Waals surface area contributed by atoms with Crippen molar-refractivity contribution >= 4 is 20.8 Å². The van der Waals surface area contributed by atoms with Gasteiger partial charge in [0.1, 0.15) is 5.75 Å². The predicted molar refractivity (Wildman–Crippen MR) is 100 cm³/mol. The van der Waals surface area contributed by atoms with Gasteiger partial charge < -0.3 is 4.74 Å². The molecule has 0 heterocycles. The smallest absolute Gasteiger partial charge is 0.243 e. The lowest BCUT2D eigenvalue weighted by Crippen LogP contribution is -2.26. The van der Waals surface area contributed by atoms with E-state index in [1.807, 2.05) is 42.5 Å². The molecule has 0 atom stereocenters. The predicted octanol–water partition coefficient (Wildman–Crippen LogP) is 3.54. The van der Waals surface area contributed by atoms with Crippen LogP contribution in [0.1, 0.15) is 11.1 Å². The molecule has 0 unspecified atom stereocenters. The van der Waals surface area contributed by atoms with Crippen molar-refractivity contribution in [3.05, 3.63) is 71.8 Å². The zero-order valence-electron chi connectivity index (χ0n) is 14.5. The van der Waals surface area contributed by atoms with Gasteiger partial charge in [0.25, 0.3) is 0 Å². The third-order valence-corrected chi connectivity index (χ3v) is 6.03. The van der Waals surface area contributed by atoms with Crippen molar-refractivity contribution < 1.29 is 13.2 Å². The summed E-state index contributed by atoms with van der Waals surface area (Å²) in [5.41, 5.74) is 1.32. The van der Waals surface area contributed by atoms with Gasteiger partial charge >= 0.3 is 0 Å². The summed E-state index contributed by atoms with van der Waals surface area (Å²) >= 11 is 0. The van der Waals surface area contributed by atoms with Crippen molar-refractivity contribution in [1.82, 2.24) is 4.31 Å². The van der Waals surface area contributed by atoms with Gasteiger partial charge in [-0.1, -0.05) is 18.2 Å². The number of nitriles is 1. The second-order valence-corrected chi connectivity index (χ2v) is 7.99. The lowest BCUT2D eigenvalue weighted by Gasteiger charge is -2.17. The van der Waals surface area contributed by atoms with Gasteiger partial charge in [-0.2, -0.15) is 9.57 Å². The molecule has 0 bridgehead atoms. The molecule has 0 aromatic heterocycles. The lowest BCUT2D eigenvalue weighted by atomic mass is 10.1. The molecule has 0 fully saturated rings. The lowest BCUT2D eigenvalue weighted by molar-refractivity contribution is 0.415. The van der Waals surface area contributed by atoms with Crippen LogP contribution in [0.25, 0.3) is 10.8 Å². The molecule has 3 rings (SSSR count). The monoisotopic (exact) mass is 366 g/mol. The van der Waals surface area contributed by atoms with Gasteiger partial charge in [-0.05, 0) is 58.8 Å². The first-order valence-corrected chi connectivity index (χ1v) is 9.41. The van der Waals surface area contributed by atoms with Crippen LogP contribution in [-0.4, -0.2) is 26.9 Å². The Morgan fingerprint density at radius 2 is 1.65 bits per heavy atom. The molecule has 0 spiro atoms. The molecule has 0 amide bonds. The average molecular weight is 366 g/mol. The van der Waals surface area contributed by atoms with Crippen LogP contribution in [0.5, 0.6) is 5.75 Å². The molecular weight excluding hydrogens is 348 g/mol. The Bertz CT molecular complexity index is 1080. The maximum Gasteiger partial charge on any atom is 0.243 e. The van der Waals surface area contributed by atoms with E-state index in [0.717, 1.165) is 22.1 Å². The molecule has 0 saturated carbocycles. The van der Waals surface area contributed by atoms with Crippen LogP contribution in [-0.2, 0) is 16.6 Å². The number of nitrogens with zero attached hydrogens (tertiary/aromatic N) is 2. The first-order valence-electron chi connectivity index (χ1n) is 7.97. The maximum atomic E-state index is 12.7. The molecule has 26 heavy (non-hydrogen) atoms. The summed E-state index contributed by atoms with van der Waals surface area (Å²) in [7, 11) is -0.451. The Morgan fingerprint density at radius 1 is 1.00 bits per heavy atom. The Balaban J connectivity index is 1.85. The number of sulfonamides is 1. The summed E-state index contributed by atoms with van der Waals surface area (Å²) in [5, 5.41) is 10.9. The normalized spacial score (nSPS) is 11.5. The van der Waals surface area contributed by atoms with Crippen LogP contribution in [0, 0.1) is 11.3 Å². The van der Waals surface area contributed by atoms with Crippen molar-refractivity contribution in [1.29, 1.82) is 5.26 Å². The van der Waals surface area contributed by atoms with Crippen molar-refractivity contribution in [3.8, 4) is 11.8 Å². The van der Waals surface area contributed by atoms with Gasteiger partial charge in [-0.15, -0.1) is 0 Å². The van der Waals surface area contributed by atoms with Crippen molar-refractivity contribution in [2.75, 3.05) is 14.2 Å². The Labute approximate surface area is 153 Å². The molecule has 0 N–H and O–H groups in total. The highest BCUT2D eigenvalue weighted by atomic mass is 32.2. The number of methoxy groups -OCH3 is 1. The van der Waals surface area contributed by atoms with E-state index in [0.29, 0.717) is 5.56 Å². The van der Waals surface area contributed by atoms with E-state index >= 15 is 0 Å². The van der Waals surface area contributed by atoms with E-state index in [1.165, 1.54) is 28.6 Å². The minimum absolute atomic E-state index is 0.171. The fourth-order valence-electron chi connectivity index (χ4n) is 2.72. The minimum atomic E-state index is -3.62. The Morgan fingerprint density at radius 3 is 2.31 bits per heavy atom. The first-order chi connectivity index (χ1) is 12.4. The summed E-state index contributed by atoms with van der Waals surface area (Å²) in [6, 6.07) is 19.5. The van der Waals surface area contributed by atoms with E-state index < -0.39 is 10.0 Å². The van der Waals surface area contributed by atoms with E-state index in [1.54, 1.807) is 14.2 Å². The largest absolute Gasteiger partial charge is 0.497 e. The highest BCUT2D eigenvalue weighted by Crippen LogP contribution is 2.23. The second kappa shape index (κ2) is 7.16. The fourth-order valence-corrected chi connectivity index (χ4v) is 3.88. The maximum absolute atomic E-state index is 12.7. The van der Waals surface area contributed by atoms with Crippen molar-refractivity contribution in [3.63, 3.8) is 0 Å². The summed E-state index contributed by atoms with van der Waals surface area (Å²) in [6.07, 6.45) is 0. The van der Waals surface area contributed by atoms with Crippen LogP contribution in [0.3, 0.4) is 0 Å². The minimum Gasteiger partial charge on any atom is -0.497 e. The van der Waals surface area contributed by atoms with Crippen LogP contribution in [0.2, 0.25) is 0 Å². The van der Waals surface area contributed by atoms with Crippen molar-refractivity contribution in [2.45, 2.75) is 11.4 Å². The first kappa shape index (κ1) is 17.9. The highest BCUT2D eigenvalue weighted by molar-refractivity contribution is 7.89. The summed E-state index contributed by atoms with van der Waals surface area (Å²) in [6.45, 7) is 0.254. The van der Waals surface area contributed by atoms with Gasteiger partial charge in [-0.25, -0.2) is 8.42 Å². The van der Waals surface area contributed by atoms with Gasteiger partial charge in [-0.3, -0.25) is 0 Å². The van der Waals surface area contributed by atoms with Gasteiger partial charge in [0.15, 0.2) is 0 Å². The molecule has 0 aliphatic heterocycles. The molecule has 3 aromatic rings. The number of hydrogen-bond acceptors (Lipinski definition) is 4. The number of fused-ring (bicyclic) bond motifs is 1. The highest BCUT2D eigenvalue weighted by Gasteiger charge is 2.20. The summed E-state index contributed by atoms with van der Waals surface area (Å²) < 4.78 is 31.9. The van der Waals surface area contributed by atoms with E-state index in [4.69, 9.17) is 10.00 Å². The van der Waals surface area contributed by atoms with Crippen LogP contribution in [0.15, 0.2) is 65.6 Å². The Kier molecular flexibility index (Phi) is 4.94. The number of hydrogen-bond donors (Lipinski definition) is 0. The SMILES string of the molecule is COc1ccc2cc(CN(C)S(=O)(=O)c3ccc(C#N)cc3)ccc2c1. The topological polar surface area (TPSA) is 70.4 Å². The van der Waals surface area contributed by atoms with Crippen molar-refractivity contribution in [2.24, 2.45) is 0 Å². The number of ether oxygens (including phenoxy) is 1. The van der Waals surface area contributed by atoms with E-state index in [-0.39, 0.29) is 11.4 Å². The molecule has 5 nitrogen and oxygen atoms in total. The third kappa shape index (κ3) is 3.54. The molecule has 0 saturated heterocycles. The average Bonchev–Trinajstić information content (AvgIpc) is 2.67. The van der Waals surface area contributed by atoms with Gasteiger partial charge in [0.2, 0.25) is 10.0 Å². The second-order valence-electron chi connectivity index (χ2n) is 5.94. The molecule has 0 radical (unpaired) electrons. The van der Waals surface area contributed by atoms with E-state index in [9.17, 15) is 8.42 Å². The number of rotatable bonds is 5. The quantitative estimate of drug-likeness (QED) is 0.692. The zero-order valence-corrected chi connectivity index (χ0v) is 15.3. The van der Waals surface area contributed by atoms with Crippen LogP contribution < -0.4 is 4.74 Å². The molecule has 0 aliphatic carbocycles. The molecule has 6 heteroatoms. The summed E-state index contributed by atoms with van der Waals surface area (Å²) in [5.74, 6) is 0.783. The standard InChI is InChI=1S/C20H18N2O3S/c1-22(26(23,24)20-9-4-15(13-21)5-10-20)14-16-3-6-18-12-19(25-2)8-7-17(18)11-16/h3-12H,14H2,1-2H3. The third-order valence-electron chi connectivity index (χ3n) is 4.21. The Hall–Kier alpha value is -2.88.